The lowest BCUT2D eigenvalue weighted by atomic mass is 10.0. The number of nitrogens with one attached hydrogen (secondary N) is 1. The zero-order chi connectivity index (χ0) is 23.7. The van der Waals surface area contributed by atoms with Crippen LogP contribution in [0.2, 0.25) is 0 Å². The summed E-state index contributed by atoms with van der Waals surface area (Å²) in [6.07, 6.45) is 0.362. The Morgan fingerprint density at radius 3 is 2.58 bits per heavy atom. The van der Waals surface area contributed by atoms with E-state index in [1.54, 1.807) is 18.2 Å². The minimum Gasteiger partial charge on any atom is -0.489 e. The van der Waals surface area contributed by atoms with Gasteiger partial charge in [0.1, 0.15) is 18.4 Å². The van der Waals surface area contributed by atoms with Crippen molar-refractivity contribution in [3.05, 3.63) is 64.7 Å². The number of carbonyl (C=O) groups excluding carboxylic acids is 3. The lowest BCUT2D eigenvalue weighted by Gasteiger charge is -2.29. The fourth-order valence-corrected chi connectivity index (χ4v) is 4.42. The van der Waals surface area contributed by atoms with Gasteiger partial charge < -0.3 is 14.4 Å². The quantitative estimate of drug-likeness (QED) is 0.676. The van der Waals surface area contributed by atoms with Gasteiger partial charge >= 0.3 is 0 Å². The largest absolute Gasteiger partial charge is 0.489 e. The number of hydrogen-bond donors (Lipinski definition) is 1. The molecule has 2 saturated heterocycles. The van der Waals surface area contributed by atoms with Gasteiger partial charge in [-0.2, -0.15) is 0 Å². The highest BCUT2D eigenvalue weighted by molar-refractivity contribution is 6.05. The van der Waals surface area contributed by atoms with Gasteiger partial charge in [-0.05, 0) is 29.7 Å². The number of morpholine rings is 1. The van der Waals surface area contributed by atoms with Crippen molar-refractivity contribution in [1.82, 2.24) is 15.1 Å². The number of rotatable bonds is 6. The minimum atomic E-state index is -1.07. The lowest BCUT2D eigenvalue weighted by molar-refractivity contribution is -0.136. The monoisotopic (exact) mass is 450 g/mol. The molecule has 0 saturated carbocycles. The average molecular weight is 451 g/mol. The Morgan fingerprint density at radius 2 is 1.82 bits per heavy atom. The van der Waals surface area contributed by atoms with Crippen LogP contribution < -0.4 is 10.1 Å². The first-order valence-electron chi connectivity index (χ1n) is 11.8. The molecular weight excluding hydrogens is 422 g/mol. The summed E-state index contributed by atoms with van der Waals surface area (Å²) < 4.78 is 20.1. The Bertz CT molecular complexity index is 1100. The molecule has 172 valence electrons. The summed E-state index contributed by atoms with van der Waals surface area (Å²) in [5.74, 6) is -0.818. The fraction of sp³-hybridized carbons (Fsp3) is 0.400. The molecule has 0 bridgehead atoms. The van der Waals surface area contributed by atoms with Crippen molar-refractivity contribution in [3.63, 3.8) is 0 Å². The second-order valence-electron chi connectivity index (χ2n) is 8.52. The van der Waals surface area contributed by atoms with Crippen LogP contribution in [0.4, 0.5) is 0 Å². The third-order valence-corrected chi connectivity index (χ3v) is 6.27. The zero-order valence-electron chi connectivity index (χ0n) is 19.3. The fourth-order valence-electron chi connectivity index (χ4n) is 4.42. The van der Waals surface area contributed by atoms with Gasteiger partial charge in [0.05, 0.1) is 21.1 Å². The van der Waals surface area contributed by atoms with E-state index in [4.69, 9.17) is 10.8 Å². The first kappa shape index (κ1) is 20.4. The van der Waals surface area contributed by atoms with Gasteiger partial charge in [-0.25, -0.2) is 0 Å². The zero-order valence-corrected chi connectivity index (χ0v) is 18.3. The predicted molar refractivity (Wildman–Crippen MR) is 119 cm³/mol. The van der Waals surface area contributed by atoms with Crippen LogP contribution >= 0.6 is 0 Å². The Balaban J connectivity index is 1.27. The summed E-state index contributed by atoms with van der Waals surface area (Å²) in [7, 11) is 0. The van der Waals surface area contributed by atoms with Crippen molar-refractivity contribution in [2.24, 2.45) is 0 Å². The van der Waals surface area contributed by atoms with E-state index >= 15 is 0 Å². The molecule has 3 amide bonds. The highest BCUT2D eigenvalue weighted by Crippen LogP contribution is 2.34. The average Bonchev–Trinajstić information content (AvgIpc) is 3.10. The number of nitrogens with zero attached hydrogens (tertiary/aromatic N) is 2. The van der Waals surface area contributed by atoms with Crippen LogP contribution in [0.15, 0.2) is 42.5 Å². The van der Waals surface area contributed by atoms with Crippen LogP contribution in [0, 0.1) is 0 Å². The molecule has 0 aromatic heterocycles. The topological polar surface area (TPSA) is 88.2 Å². The van der Waals surface area contributed by atoms with E-state index in [1.165, 1.54) is 10.5 Å². The van der Waals surface area contributed by atoms with E-state index in [9.17, 15) is 14.4 Å². The van der Waals surface area contributed by atoms with Crippen LogP contribution in [-0.4, -0.2) is 59.9 Å². The maximum absolute atomic E-state index is 13.0. The summed E-state index contributed by atoms with van der Waals surface area (Å²) in [5, 5.41) is 2.27. The van der Waals surface area contributed by atoms with Gasteiger partial charge in [0, 0.05) is 37.2 Å². The van der Waals surface area contributed by atoms with Crippen molar-refractivity contribution in [1.29, 1.82) is 0 Å². The number of ether oxygens (including phenoxy) is 2. The van der Waals surface area contributed by atoms with Gasteiger partial charge in [0.15, 0.2) is 0 Å². The van der Waals surface area contributed by atoms with Crippen molar-refractivity contribution in [2.45, 2.75) is 38.6 Å². The number of amides is 3. The summed E-state index contributed by atoms with van der Waals surface area (Å²) in [5.41, 5.74) is 3.03. The number of hydrogen-bond acceptors (Lipinski definition) is 6. The number of benzene rings is 2. The van der Waals surface area contributed by atoms with Crippen LogP contribution in [0.25, 0.3) is 0 Å². The smallest absolute Gasteiger partial charge is 0.255 e. The molecule has 0 spiro atoms. The molecule has 0 aliphatic carbocycles. The van der Waals surface area contributed by atoms with Crippen molar-refractivity contribution in [2.75, 3.05) is 26.3 Å². The maximum atomic E-state index is 13.0. The SMILES string of the molecule is [2H]C1c2c(OCc3ccc(CN4CCOCC4)cc3)cccc2C(=O)N1C1CCC(=O)NC1=O. The molecule has 0 radical (unpaired) electrons. The summed E-state index contributed by atoms with van der Waals surface area (Å²) >= 11 is 0. The van der Waals surface area contributed by atoms with E-state index in [-0.39, 0.29) is 24.7 Å². The van der Waals surface area contributed by atoms with Gasteiger partial charge in [-0.1, -0.05) is 30.3 Å². The molecule has 3 aliphatic heterocycles. The molecule has 2 aromatic carbocycles. The molecular formula is C25H27N3O5. The summed E-state index contributed by atoms with van der Waals surface area (Å²) in [4.78, 5) is 40.5. The van der Waals surface area contributed by atoms with Crippen LogP contribution in [0.3, 0.4) is 0 Å². The van der Waals surface area contributed by atoms with E-state index in [0.717, 1.165) is 38.4 Å². The van der Waals surface area contributed by atoms with Crippen LogP contribution in [0.5, 0.6) is 5.75 Å². The van der Waals surface area contributed by atoms with Gasteiger partial charge in [0.25, 0.3) is 5.91 Å². The molecule has 8 nitrogen and oxygen atoms in total. The van der Waals surface area contributed by atoms with E-state index in [2.05, 4.69) is 22.3 Å². The molecule has 2 fully saturated rings. The van der Waals surface area contributed by atoms with Crippen LogP contribution in [-0.2, 0) is 34.0 Å². The second-order valence-corrected chi connectivity index (χ2v) is 8.52. The van der Waals surface area contributed by atoms with Crippen molar-refractivity contribution in [3.8, 4) is 5.75 Å². The maximum Gasteiger partial charge on any atom is 0.255 e. The standard InChI is InChI=1S/C25H27N3O5/c29-23-9-8-21(24(30)26-23)28-15-20-19(25(28)31)2-1-3-22(20)33-16-18-6-4-17(5-7-18)14-27-10-12-32-13-11-27/h1-7,21H,8-16H2,(H,26,29,30)/i15D. The van der Waals surface area contributed by atoms with Gasteiger partial charge in [-0.3, -0.25) is 24.6 Å². The van der Waals surface area contributed by atoms with E-state index in [1.807, 2.05) is 12.1 Å². The normalized spacial score (nSPS) is 23.8. The molecule has 2 unspecified atom stereocenters. The first-order valence-corrected chi connectivity index (χ1v) is 11.2. The third kappa shape index (κ3) is 4.62. The summed E-state index contributed by atoms with van der Waals surface area (Å²) in [6.45, 7) is 3.53. The number of fused-ring (bicyclic) bond motifs is 1. The first-order chi connectivity index (χ1) is 16.5. The molecule has 1 N–H and O–H groups in total. The highest BCUT2D eigenvalue weighted by Gasteiger charge is 2.40. The molecule has 33 heavy (non-hydrogen) atoms. The Hall–Kier alpha value is -3.23. The van der Waals surface area contributed by atoms with E-state index in [0.29, 0.717) is 23.5 Å². The Kier molecular flexibility index (Phi) is 5.76. The number of carbonyl (C=O) groups is 3. The second kappa shape index (κ2) is 9.33. The molecule has 2 atom stereocenters. The minimum absolute atomic E-state index is 0.147. The highest BCUT2D eigenvalue weighted by atomic mass is 16.5. The molecule has 5 rings (SSSR count). The van der Waals surface area contributed by atoms with Crippen LogP contribution in [0.1, 0.15) is 41.3 Å². The Morgan fingerprint density at radius 1 is 1.06 bits per heavy atom. The number of piperidine rings is 1. The molecule has 3 aliphatic rings. The number of imide groups is 1. The molecule has 8 heteroatoms. The molecule has 2 aromatic rings. The molecule has 3 heterocycles. The summed E-state index contributed by atoms with van der Waals surface area (Å²) in [6, 6.07) is 12.5. The third-order valence-electron chi connectivity index (χ3n) is 6.27. The van der Waals surface area contributed by atoms with Crippen molar-refractivity contribution < 1.29 is 25.2 Å². The van der Waals surface area contributed by atoms with Crippen molar-refractivity contribution >= 4 is 17.7 Å². The van der Waals surface area contributed by atoms with Gasteiger partial charge in [-0.15, -0.1) is 0 Å². The van der Waals surface area contributed by atoms with Gasteiger partial charge in [0.2, 0.25) is 11.8 Å². The lowest BCUT2D eigenvalue weighted by Crippen LogP contribution is -2.52. The van der Waals surface area contributed by atoms with E-state index < -0.39 is 18.5 Å². The predicted octanol–water partition coefficient (Wildman–Crippen LogP) is 1.86. The Labute approximate surface area is 193 Å².